The van der Waals surface area contributed by atoms with E-state index in [9.17, 15) is 19.8 Å². The van der Waals surface area contributed by atoms with Gasteiger partial charge in [0.15, 0.2) is 6.29 Å². The Bertz CT molecular complexity index is 1050. The fourth-order valence-electron chi connectivity index (χ4n) is 4.85. The average Bonchev–Trinajstić information content (AvgIpc) is 3.30. The monoisotopic (exact) mass is 512 g/mol. The molecule has 9 heteroatoms. The summed E-state index contributed by atoms with van der Waals surface area (Å²) in [5.74, 6) is -1.03. The van der Waals surface area contributed by atoms with Crippen LogP contribution in [-0.4, -0.2) is 63.9 Å². The Kier molecular flexibility index (Phi) is 9.65. The van der Waals surface area contributed by atoms with Crippen molar-refractivity contribution in [2.75, 3.05) is 25.0 Å². The van der Waals surface area contributed by atoms with E-state index >= 15 is 0 Å². The van der Waals surface area contributed by atoms with E-state index in [1.807, 2.05) is 42.5 Å². The maximum Gasteiger partial charge on any atom is 0.303 e. The SMILES string of the molecule is O=C(O)CCCCC(=O)Nc1cccc(C2OC(CN3CCC(O)C3)CC(c3ccc(CO)cc3)O2)c1. The molecule has 0 radical (unpaired) electrons. The van der Waals surface area contributed by atoms with Crippen LogP contribution in [0, 0.1) is 0 Å². The second-order valence-corrected chi connectivity index (χ2v) is 9.83. The van der Waals surface area contributed by atoms with Crippen molar-refractivity contribution in [2.24, 2.45) is 0 Å². The first-order valence-electron chi connectivity index (χ1n) is 12.9. The number of nitrogens with zero attached hydrogens (tertiary/aromatic N) is 1. The highest BCUT2D eigenvalue weighted by molar-refractivity contribution is 5.90. The topological polar surface area (TPSA) is 129 Å². The zero-order valence-corrected chi connectivity index (χ0v) is 20.9. The Balaban J connectivity index is 1.44. The van der Waals surface area contributed by atoms with Crippen molar-refractivity contribution in [2.45, 2.75) is 69.7 Å². The van der Waals surface area contributed by atoms with Gasteiger partial charge in [-0.05, 0) is 42.5 Å². The van der Waals surface area contributed by atoms with Crippen LogP contribution in [0.25, 0.3) is 0 Å². The van der Waals surface area contributed by atoms with Gasteiger partial charge in [0.25, 0.3) is 0 Å². The highest BCUT2D eigenvalue weighted by Crippen LogP contribution is 2.39. The molecule has 2 aliphatic heterocycles. The minimum Gasteiger partial charge on any atom is -0.481 e. The first kappa shape index (κ1) is 27.2. The van der Waals surface area contributed by atoms with Crippen LogP contribution in [0.2, 0.25) is 0 Å². The number of carbonyl (C=O) groups is 2. The van der Waals surface area contributed by atoms with Crippen molar-refractivity contribution in [3.63, 3.8) is 0 Å². The van der Waals surface area contributed by atoms with Crippen LogP contribution in [0.15, 0.2) is 48.5 Å². The Morgan fingerprint density at radius 3 is 2.51 bits per heavy atom. The number of amides is 1. The number of nitrogens with one attached hydrogen (secondary N) is 1. The normalized spacial score (nSPS) is 24.2. The molecule has 4 atom stereocenters. The second kappa shape index (κ2) is 13.1. The minimum absolute atomic E-state index is 0.0183. The summed E-state index contributed by atoms with van der Waals surface area (Å²) in [6.07, 6.45) is 1.44. The van der Waals surface area contributed by atoms with Gasteiger partial charge in [0.2, 0.25) is 5.91 Å². The van der Waals surface area contributed by atoms with E-state index in [2.05, 4.69) is 10.2 Å². The van der Waals surface area contributed by atoms with Crippen LogP contribution in [-0.2, 0) is 25.7 Å². The lowest BCUT2D eigenvalue weighted by Crippen LogP contribution is -2.38. The maximum atomic E-state index is 12.3. The van der Waals surface area contributed by atoms with Crippen LogP contribution in [0.3, 0.4) is 0 Å². The smallest absolute Gasteiger partial charge is 0.303 e. The molecule has 2 aliphatic rings. The zero-order valence-electron chi connectivity index (χ0n) is 20.9. The van der Waals surface area contributed by atoms with Crippen molar-refractivity contribution in [1.29, 1.82) is 0 Å². The number of hydrogen-bond acceptors (Lipinski definition) is 7. The lowest BCUT2D eigenvalue weighted by molar-refractivity contribution is -0.252. The molecule has 200 valence electrons. The summed E-state index contributed by atoms with van der Waals surface area (Å²) in [4.78, 5) is 25.2. The maximum absolute atomic E-state index is 12.3. The third kappa shape index (κ3) is 8.08. The molecule has 0 saturated carbocycles. The highest BCUT2D eigenvalue weighted by atomic mass is 16.7. The molecule has 4 rings (SSSR count). The molecular weight excluding hydrogens is 476 g/mol. The summed E-state index contributed by atoms with van der Waals surface area (Å²) in [5.41, 5.74) is 3.25. The molecule has 4 unspecified atom stereocenters. The predicted molar refractivity (Wildman–Crippen MR) is 137 cm³/mol. The van der Waals surface area contributed by atoms with E-state index in [-0.39, 0.29) is 43.7 Å². The van der Waals surface area contributed by atoms with Crippen LogP contribution in [0.5, 0.6) is 0 Å². The number of aliphatic hydroxyl groups is 2. The number of carboxylic acid groups (broad SMARTS) is 1. The first-order valence-corrected chi connectivity index (χ1v) is 12.9. The van der Waals surface area contributed by atoms with Gasteiger partial charge in [-0.25, -0.2) is 0 Å². The number of carbonyl (C=O) groups excluding carboxylic acids is 1. The van der Waals surface area contributed by atoms with Crippen LogP contribution >= 0.6 is 0 Å². The van der Waals surface area contributed by atoms with Gasteiger partial charge in [0.05, 0.1) is 24.9 Å². The zero-order chi connectivity index (χ0) is 26.2. The van der Waals surface area contributed by atoms with Crippen molar-refractivity contribution in [3.8, 4) is 0 Å². The third-order valence-electron chi connectivity index (χ3n) is 6.81. The average molecular weight is 513 g/mol. The molecule has 2 aromatic carbocycles. The van der Waals surface area contributed by atoms with E-state index in [0.717, 1.165) is 29.7 Å². The number of β-amino-alcohol motifs (C(OH)–C–C–N with tert-alkyl or cyclic N) is 1. The molecule has 9 nitrogen and oxygen atoms in total. The Morgan fingerprint density at radius 1 is 1.03 bits per heavy atom. The Morgan fingerprint density at radius 2 is 1.81 bits per heavy atom. The van der Waals surface area contributed by atoms with Crippen molar-refractivity contribution in [3.05, 3.63) is 65.2 Å². The Labute approximate surface area is 217 Å². The number of hydrogen-bond donors (Lipinski definition) is 4. The fourth-order valence-corrected chi connectivity index (χ4v) is 4.85. The van der Waals surface area contributed by atoms with Gasteiger partial charge in [-0.1, -0.05) is 36.4 Å². The number of ether oxygens (including phenoxy) is 2. The molecule has 2 aromatic rings. The lowest BCUT2D eigenvalue weighted by atomic mass is 9.99. The van der Waals surface area contributed by atoms with Gasteiger partial charge in [-0.2, -0.15) is 0 Å². The van der Waals surface area contributed by atoms with Gasteiger partial charge >= 0.3 is 5.97 Å². The molecule has 0 spiro atoms. The van der Waals surface area contributed by atoms with Gasteiger partial charge in [-0.3, -0.25) is 14.5 Å². The number of aliphatic hydroxyl groups excluding tert-OH is 2. The lowest BCUT2D eigenvalue weighted by Gasteiger charge is -2.38. The number of anilines is 1. The number of aliphatic carboxylic acids is 1. The summed E-state index contributed by atoms with van der Waals surface area (Å²) < 4.78 is 12.8. The summed E-state index contributed by atoms with van der Waals surface area (Å²) in [6, 6.07) is 15.1. The van der Waals surface area contributed by atoms with E-state index in [0.29, 0.717) is 38.0 Å². The molecule has 2 saturated heterocycles. The Hall–Kier alpha value is -2.82. The molecule has 2 heterocycles. The highest BCUT2D eigenvalue weighted by Gasteiger charge is 2.34. The minimum atomic E-state index is -0.859. The summed E-state index contributed by atoms with van der Waals surface area (Å²) in [6.45, 7) is 2.13. The molecule has 0 aromatic heterocycles. The molecule has 37 heavy (non-hydrogen) atoms. The van der Waals surface area contributed by atoms with Crippen LogP contribution in [0.4, 0.5) is 5.69 Å². The first-order chi connectivity index (χ1) is 17.9. The van der Waals surface area contributed by atoms with Gasteiger partial charge in [0.1, 0.15) is 0 Å². The van der Waals surface area contributed by atoms with Crippen molar-refractivity contribution < 1.29 is 34.4 Å². The van der Waals surface area contributed by atoms with Crippen LogP contribution in [0.1, 0.15) is 67.6 Å². The number of carboxylic acids is 1. The number of unbranched alkanes of at least 4 members (excludes halogenated alkanes) is 1. The summed E-state index contributed by atoms with van der Waals surface area (Å²) >= 11 is 0. The van der Waals surface area contributed by atoms with Gasteiger partial charge < -0.3 is 30.1 Å². The standard InChI is InChI=1S/C28H36N2O7/c31-18-19-8-10-20(11-9-19)25-15-24(17-30-13-12-23(32)16-30)36-28(37-25)21-4-3-5-22(14-21)29-26(33)6-1-2-7-27(34)35/h3-5,8-11,14,23-25,28,31-32H,1-2,6-7,12-13,15-18H2,(H,29,33)(H,34,35). The van der Waals surface area contributed by atoms with Crippen molar-refractivity contribution in [1.82, 2.24) is 4.90 Å². The van der Waals surface area contributed by atoms with Crippen LogP contribution < -0.4 is 5.32 Å². The summed E-state index contributed by atoms with van der Waals surface area (Å²) in [7, 11) is 0. The fraction of sp³-hybridized carbons (Fsp3) is 0.500. The van der Waals surface area contributed by atoms with Gasteiger partial charge in [0, 0.05) is 50.1 Å². The molecule has 0 aliphatic carbocycles. The van der Waals surface area contributed by atoms with E-state index in [1.165, 1.54) is 0 Å². The van der Waals surface area contributed by atoms with Gasteiger partial charge in [-0.15, -0.1) is 0 Å². The number of benzene rings is 2. The molecule has 2 fully saturated rings. The quantitative estimate of drug-likeness (QED) is 0.338. The molecule has 1 amide bonds. The number of likely N-dealkylation sites (tertiary alicyclic amines) is 1. The second-order valence-electron chi connectivity index (χ2n) is 9.83. The van der Waals surface area contributed by atoms with E-state index < -0.39 is 12.3 Å². The molecule has 0 bridgehead atoms. The van der Waals surface area contributed by atoms with E-state index in [1.54, 1.807) is 6.07 Å². The van der Waals surface area contributed by atoms with E-state index in [4.69, 9.17) is 14.6 Å². The predicted octanol–water partition coefficient (Wildman–Crippen LogP) is 3.37. The largest absolute Gasteiger partial charge is 0.481 e. The number of rotatable bonds is 11. The molecular formula is C28H36N2O7. The molecule has 4 N–H and O–H groups in total. The summed E-state index contributed by atoms with van der Waals surface area (Å²) in [5, 5.41) is 31.0. The van der Waals surface area contributed by atoms with Crippen molar-refractivity contribution >= 4 is 17.6 Å². The third-order valence-corrected chi connectivity index (χ3v) is 6.81.